The Morgan fingerprint density at radius 3 is 2.65 bits per heavy atom. The second-order valence-electron chi connectivity index (χ2n) is 4.96. The predicted molar refractivity (Wildman–Crippen MR) is 60.5 cm³/mol. The van der Waals surface area contributed by atoms with E-state index in [-0.39, 0.29) is 24.3 Å². The average molecular weight is 241 g/mol. The van der Waals surface area contributed by atoms with Gasteiger partial charge in [-0.25, -0.2) is 0 Å². The smallest absolute Gasteiger partial charge is 0.305 e. The molecule has 0 aromatic heterocycles. The van der Waals surface area contributed by atoms with Gasteiger partial charge in [-0.05, 0) is 31.6 Å². The first-order valence-corrected chi connectivity index (χ1v) is 6.26. The van der Waals surface area contributed by atoms with Crippen LogP contribution in [-0.4, -0.2) is 36.2 Å². The van der Waals surface area contributed by atoms with Crippen molar-refractivity contribution in [3.8, 4) is 0 Å². The van der Waals surface area contributed by atoms with Gasteiger partial charge in [0.05, 0.1) is 18.9 Å². The zero-order valence-corrected chi connectivity index (χ0v) is 9.85. The van der Waals surface area contributed by atoms with Crippen LogP contribution < -0.4 is 5.32 Å². The molecule has 2 N–H and O–H groups in total. The van der Waals surface area contributed by atoms with Gasteiger partial charge < -0.3 is 15.2 Å². The van der Waals surface area contributed by atoms with E-state index in [2.05, 4.69) is 5.32 Å². The van der Waals surface area contributed by atoms with Gasteiger partial charge in [-0.1, -0.05) is 0 Å². The standard InChI is InChI=1S/C12H19NO4/c14-11(15)6-10(8-3-4-8)13-12(16)9-2-1-5-17-7-9/h8-10H,1-7H2,(H,13,16)(H,14,15). The van der Waals surface area contributed by atoms with Crippen LogP contribution in [0.2, 0.25) is 0 Å². The average Bonchev–Trinajstić information content (AvgIpc) is 3.12. The Kier molecular flexibility index (Phi) is 3.99. The van der Waals surface area contributed by atoms with Crippen LogP contribution in [0.4, 0.5) is 0 Å². The molecule has 17 heavy (non-hydrogen) atoms. The van der Waals surface area contributed by atoms with Crippen molar-refractivity contribution >= 4 is 11.9 Å². The zero-order valence-electron chi connectivity index (χ0n) is 9.85. The van der Waals surface area contributed by atoms with Gasteiger partial charge in [-0.2, -0.15) is 0 Å². The highest BCUT2D eigenvalue weighted by molar-refractivity contribution is 5.80. The molecule has 2 atom stereocenters. The number of hydrogen-bond acceptors (Lipinski definition) is 3. The lowest BCUT2D eigenvalue weighted by Crippen LogP contribution is -2.43. The lowest BCUT2D eigenvalue weighted by molar-refractivity contribution is -0.138. The van der Waals surface area contributed by atoms with Crippen LogP contribution in [0.25, 0.3) is 0 Å². The van der Waals surface area contributed by atoms with Gasteiger partial charge in [0.2, 0.25) is 5.91 Å². The van der Waals surface area contributed by atoms with Crippen LogP contribution in [0.15, 0.2) is 0 Å². The molecule has 1 saturated heterocycles. The molecule has 2 unspecified atom stereocenters. The summed E-state index contributed by atoms with van der Waals surface area (Å²) in [5, 5.41) is 11.7. The molecule has 1 heterocycles. The molecule has 0 aromatic carbocycles. The van der Waals surface area contributed by atoms with E-state index >= 15 is 0 Å². The number of carbonyl (C=O) groups excluding carboxylic acids is 1. The van der Waals surface area contributed by atoms with E-state index in [0.29, 0.717) is 12.5 Å². The van der Waals surface area contributed by atoms with Gasteiger partial charge in [0.1, 0.15) is 0 Å². The van der Waals surface area contributed by atoms with Crippen molar-refractivity contribution in [3.63, 3.8) is 0 Å². The summed E-state index contributed by atoms with van der Waals surface area (Å²) in [6, 6.07) is -0.193. The van der Waals surface area contributed by atoms with E-state index in [1.807, 2.05) is 0 Å². The molecule has 2 fully saturated rings. The van der Waals surface area contributed by atoms with E-state index in [4.69, 9.17) is 9.84 Å². The lowest BCUT2D eigenvalue weighted by Gasteiger charge is -2.24. The molecule has 96 valence electrons. The normalized spacial score (nSPS) is 26.2. The van der Waals surface area contributed by atoms with Crippen molar-refractivity contribution in [3.05, 3.63) is 0 Å². The van der Waals surface area contributed by atoms with Crippen molar-refractivity contribution in [1.29, 1.82) is 0 Å². The van der Waals surface area contributed by atoms with Crippen molar-refractivity contribution in [1.82, 2.24) is 5.32 Å². The van der Waals surface area contributed by atoms with Crippen LogP contribution in [0.5, 0.6) is 0 Å². The highest BCUT2D eigenvalue weighted by Crippen LogP contribution is 2.34. The van der Waals surface area contributed by atoms with E-state index in [0.717, 1.165) is 32.3 Å². The van der Waals surface area contributed by atoms with Gasteiger partial charge in [0.25, 0.3) is 0 Å². The quantitative estimate of drug-likeness (QED) is 0.746. The summed E-state index contributed by atoms with van der Waals surface area (Å²) in [5.41, 5.74) is 0. The minimum atomic E-state index is -0.845. The summed E-state index contributed by atoms with van der Waals surface area (Å²) < 4.78 is 5.26. The van der Waals surface area contributed by atoms with Crippen molar-refractivity contribution in [2.24, 2.45) is 11.8 Å². The maximum Gasteiger partial charge on any atom is 0.305 e. The fourth-order valence-electron chi connectivity index (χ4n) is 2.27. The van der Waals surface area contributed by atoms with Crippen LogP contribution >= 0.6 is 0 Å². The second-order valence-corrected chi connectivity index (χ2v) is 4.96. The third kappa shape index (κ3) is 3.70. The van der Waals surface area contributed by atoms with Crippen molar-refractivity contribution in [2.45, 2.75) is 38.1 Å². The van der Waals surface area contributed by atoms with E-state index in [1.54, 1.807) is 0 Å². The summed E-state index contributed by atoms with van der Waals surface area (Å²) in [6.07, 6.45) is 3.84. The topological polar surface area (TPSA) is 75.6 Å². The maximum atomic E-state index is 11.9. The van der Waals surface area contributed by atoms with Crippen LogP contribution in [-0.2, 0) is 14.3 Å². The Labute approximate surface area is 101 Å². The number of ether oxygens (including phenoxy) is 1. The van der Waals surface area contributed by atoms with Crippen molar-refractivity contribution in [2.75, 3.05) is 13.2 Å². The number of carboxylic acids is 1. The van der Waals surface area contributed by atoms with Crippen LogP contribution in [0.3, 0.4) is 0 Å². The first kappa shape index (κ1) is 12.4. The summed E-state index contributed by atoms with van der Waals surface area (Å²) in [6.45, 7) is 1.20. The molecule has 2 aliphatic rings. The molecular formula is C12H19NO4. The highest BCUT2D eigenvalue weighted by Gasteiger charge is 2.35. The molecule has 2 rings (SSSR count). The Morgan fingerprint density at radius 2 is 2.12 bits per heavy atom. The molecule has 1 saturated carbocycles. The number of amides is 1. The minimum absolute atomic E-state index is 0.0317. The molecule has 1 aliphatic heterocycles. The van der Waals surface area contributed by atoms with Crippen molar-refractivity contribution < 1.29 is 19.4 Å². The maximum absolute atomic E-state index is 11.9. The first-order valence-electron chi connectivity index (χ1n) is 6.26. The van der Waals surface area contributed by atoms with Crippen LogP contribution in [0.1, 0.15) is 32.1 Å². The van der Waals surface area contributed by atoms with Gasteiger partial charge in [-0.3, -0.25) is 9.59 Å². The van der Waals surface area contributed by atoms with Crippen LogP contribution in [0, 0.1) is 11.8 Å². The lowest BCUT2D eigenvalue weighted by atomic mass is 10.00. The Balaban J connectivity index is 1.83. The molecular weight excluding hydrogens is 222 g/mol. The molecule has 0 bridgehead atoms. The van der Waals surface area contributed by atoms with E-state index < -0.39 is 5.97 Å². The fourth-order valence-corrected chi connectivity index (χ4v) is 2.27. The number of carbonyl (C=O) groups is 2. The second kappa shape index (κ2) is 5.49. The molecule has 1 aliphatic carbocycles. The zero-order chi connectivity index (χ0) is 12.3. The molecule has 0 aromatic rings. The third-order valence-electron chi connectivity index (χ3n) is 3.44. The fraction of sp³-hybridized carbons (Fsp3) is 0.833. The van der Waals surface area contributed by atoms with Gasteiger partial charge >= 0.3 is 5.97 Å². The van der Waals surface area contributed by atoms with E-state index in [1.165, 1.54) is 0 Å². The Hall–Kier alpha value is -1.10. The Bertz CT molecular complexity index is 295. The Morgan fingerprint density at radius 1 is 1.35 bits per heavy atom. The molecule has 0 spiro atoms. The number of aliphatic carboxylic acids is 1. The molecule has 5 heteroatoms. The number of carboxylic acid groups (broad SMARTS) is 1. The predicted octanol–water partition coefficient (Wildman–Crippen LogP) is 0.782. The third-order valence-corrected chi connectivity index (χ3v) is 3.44. The minimum Gasteiger partial charge on any atom is -0.481 e. The largest absolute Gasteiger partial charge is 0.481 e. The summed E-state index contributed by atoms with van der Waals surface area (Å²) in [7, 11) is 0. The summed E-state index contributed by atoms with van der Waals surface area (Å²) >= 11 is 0. The van der Waals surface area contributed by atoms with E-state index in [9.17, 15) is 9.59 Å². The first-order chi connectivity index (χ1) is 8.16. The van der Waals surface area contributed by atoms with Gasteiger partial charge in [0.15, 0.2) is 0 Å². The van der Waals surface area contributed by atoms with Gasteiger partial charge in [0, 0.05) is 12.6 Å². The highest BCUT2D eigenvalue weighted by atomic mass is 16.5. The van der Waals surface area contributed by atoms with Gasteiger partial charge in [-0.15, -0.1) is 0 Å². The number of nitrogens with one attached hydrogen (secondary N) is 1. The SMILES string of the molecule is O=C(O)CC(NC(=O)C1CCCOC1)C1CC1. The number of hydrogen-bond donors (Lipinski definition) is 2. The molecule has 0 radical (unpaired) electrons. The summed E-state index contributed by atoms with van der Waals surface area (Å²) in [5.74, 6) is -0.622. The number of rotatable bonds is 5. The monoisotopic (exact) mass is 241 g/mol. The molecule has 1 amide bonds. The molecule has 5 nitrogen and oxygen atoms in total. The summed E-state index contributed by atoms with van der Waals surface area (Å²) in [4.78, 5) is 22.7.